The lowest BCUT2D eigenvalue weighted by atomic mass is 9.85. The number of aliphatic hydroxyl groups is 1. The molecule has 1 heterocycles. The number of carbonyl (C=O) groups is 3. The number of nitrogens with one attached hydrogen (secondary N) is 2. The molecular formula is C33H38N2O8. The minimum Gasteiger partial charge on any atom is -0.497 e. The quantitative estimate of drug-likeness (QED) is 0.288. The maximum Gasteiger partial charge on any atom is 0.337 e. The second-order valence-electron chi connectivity index (χ2n) is 11.0. The van der Waals surface area contributed by atoms with E-state index in [1.807, 2.05) is 62.4 Å². The molecule has 3 atom stereocenters. The number of methoxy groups -OCH3 is 2. The van der Waals surface area contributed by atoms with Crippen LogP contribution >= 0.6 is 0 Å². The van der Waals surface area contributed by atoms with Crippen molar-refractivity contribution >= 4 is 17.8 Å². The van der Waals surface area contributed by atoms with E-state index >= 15 is 0 Å². The van der Waals surface area contributed by atoms with E-state index < -0.39 is 35.8 Å². The Morgan fingerprint density at radius 1 is 0.930 bits per heavy atom. The maximum absolute atomic E-state index is 13.0. The second kappa shape index (κ2) is 14.3. The van der Waals surface area contributed by atoms with Crippen LogP contribution in [0.1, 0.15) is 48.0 Å². The van der Waals surface area contributed by atoms with E-state index in [4.69, 9.17) is 18.9 Å². The van der Waals surface area contributed by atoms with Crippen molar-refractivity contribution in [3.8, 4) is 16.9 Å². The number of hydrogen-bond donors (Lipinski definition) is 3. The zero-order valence-electron chi connectivity index (χ0n) is 24.8. The molecular weight excluding hydrogens is 552 g/mol. The van der Waals surface area contributed by atoms with Gasteiger partial charge in [0.1, 0.15) is 18.0 Å². The van der Waals surface area contributed by atoms with Crippen molar-refractivity contribution in [3.63, 3.8) is 0 Å². The van der Waals surface area contributed by atoms with Crippen LogP contribution in [-0.4, -0.2) is 62.5 Å². The lowest BCUT2D eigenvalue weighted by Gasteiger charge is -2.41. The Balaban J connectivity index is 1.22. The predicted octanol–water partition coefficient (Wildman–Crippen LogP) is 3.77. The van der Waals surface area contributed by atoms with Crippen LogP contribution in [0.25, 0.3) is 11.1 Å². The summed E-state index contributed by atoms with van der Waals surface area (Å²) >= 11 is 0. The molecule has 43 heavy (non-hydrogen) atoms. The molecule has 0 radical (unpaired) electrons. The third-order valence-corrected chi connectivity index (χ3v) is 7.28. The smallest absolute Gasteiger partial charge is 0.337 e. The molecule has 0 aliphatic carbocycles. The van der Waals surface area contributed by atoms with Crippen LogP contribution in [0.4, 0.5) is 0 Å². The van der Waals surface area contributed by atoms with E-state index in [-0.39, 0.29) is 25.4 Å². The first-order valence-corrected chi connectivity index (χ1v) is 14.0. The predicted molar refractivity (Wildman–Crippen MR) is 159 cm³/mol. The van der Waals surface area contributed by atoms with Crippen molar-refractivity contribution in [2.24, 2.45) is 5.41 Å². The molecule has 1 aliphatic heterocycles. The molecule has 4 rings (SSSR count). The highest BCUT2D eigenvalue weighted by Gasteiger charge is 2.43. The SMILES string of the molecule is COC(=O)c1ccc(-c2ccc(CNC(=O)C(O)CCNC(=O)[C@@H]3OC(c4ccc(OC)cc4)OCC3(C)C)cc2)cc1. The van der Waals surface area contributed by atoms with Crippen molar-refractivity contribution in [2.75, 3.05) is 27.4 Å². The normalized spacial score (nSPS) is 18.3. The lowest BCUT2D eigenvalue weighted by molar-refractivity contribution is -0.258. The molecule has 2 amide bonds. The van der Waals surface area contributed by atoms with Gasteiger partial charge in [-0.3, -0.25) is 9.59 Å². The minimum atomic E-state index is -1.29. The number of carbonyl (C=O) groups excluding carboxylic acids is 3. The molecule has 1 aliphatic rings. The summed E-state index contributed by atoms with van der Waals surface area (Å²) in [7, 11) is 2.93. The van der Waals surface area contributed by atoms with Gasteiger partial charge >= 0.3 is 5.97 Å². The number of ether oxygens (including phenoxy) is 4. The molecule has 1 fully saturated rings. The molecule has 10 heteroatoms. The zero-order valence-corrected chi connectivity index (χ0v) is 24.8. The number of aliphatic hydroxyl groups excluding tert-OH is 1. The first-order chi connectivity index (χ1) is 20.6. The fraction of sp³-hybridized carbons (Fsp3) is 0.364. The zero-order chi connectivity index (χ0) is 31.0. The summed E-state index contributed by atoms with van der Waals surface area (Å²) in [6, 6.07) is 21.9. The summed E-state index contributed by atoms with van der Waals surface area (Å²) in [5, 5.41) is 15.9. The topological polar surface area (TPSA) is 132 Å². The average molecular weight is 591 g/mol. The highest BCUT2D eigenvalue weighted by atomic mass is 16.7. The van der Waals surface area contributed by atoms with Crippen LogP contribution in [0.2, 0.25) is 0 Å². The summed E-state index contributed by atoms with van der Waals surface area (Å²) < 4.78 is 21.8. The van der Waals surface area contributed by atoms with Crippen LogP contribution < -0.4 is 15.4 Å². The molecule has 3 aromatic carbocycles. The summed E-state index contributed by atoms with van der Waals surface area (Å²) in [5.74, 6) is -0.549. The molecule has 0 aromatic heterocycles. The number of rotatable bonds is 11. The van der Waals surface area contributed by atoms with Crippen LogP contribution in [0.15, 0.2) is 72.8 Å². The van der Waals surface area contributed by atoms with Crippen molar-refractivity contribution in [2.45, 2.75) is 45.3 Å². The molecule has 228 valence electrons. The third kappa shape index (κ3) is 8.19. The van der Waals surface area contributed by atoms with Crippen LogP contribution in [-0.2, 0) is 30.3 Å². The molecule has 0 bridgehead atoms. The number of hydrogen-bond acceptors (Lipinski definition) is 8. The van der Waals surface area contributed by atoms with Gasteiger partial charge in [-0.25, -0.2) is 4.79 Å². The monoisotopic (exact) mass is 590 g/mol. The molecule has 1 saturated heterocycles. The van der Waals surface area contributed by atoms with Gasteiger partial charge < -0.3 is 34.7 Å². The van der Waals surface area contributed by atoms with Gasteiger partial charge in [-0.15, -0.1) is 0 Å². The second-order valence-corrected chi connectivity index (χ2v) is 11.0. The Kier molecular flexibility index (Phi) is 10.5. The summed E-state index contributed by atoms with van der Waals surface area (Å²) in [4.78, 5) is 37.1. The Labute approximate surface area is 251 Å². The van der Waals surface area contributed by atoms with Gasteiger partial charge in [0.15, 0.2) is 6.29 Å². The van der Waals surface area contributed by atoms with Gasteiger partial charge in [-0.1, -0.05) is 62.4 Å². The first-order valence-electron chi connectivity index (χ1n) is 14.0. The Morgan fingerprint density at radius 2 is 1.56 bits per heavy atom. The summed E-state index contributed by atoms with van der Waals surface area (Å²) in [6.45, 7) is 4.42. The van der Waals surface area contributed by atoms with Crippen LogP contribution in [0.3, 0.4) is 0 Å². The fourth-order valence-corrected chi connectivity index (χ4v) is 4.66. The van der Waals surface area contributed by atoms with Crippen molar-refractivity contribution in [1.82, 2.24) is 10.6 Å². The molecule has 3 N–H and O–H groups in total. The van der Waals surface area contributed by atoms with Crippen LogP contribution in [0, 0.1) is 5.41 Å². The first kappa shape index (κ1) is 31.7. The number of benzene rings is 3. The number of esters is 1. The largest absolute Gasteiger partial charge is 0.497 e. The fourth-order valence-electron chi connectivity index (χ4n) is 4.66. The molecule has 0 saturated carbocycles. The Bertz CT molecular complexity index is 1390. The van der Waals surface area contributed by atoms with Crippen molar-refractivity contribution in [1.29, 1.82) is 0 Å². The van der Waals surface area contributed by atoms with Gasteiger partial charge in [0.05, 0.1) is 26.4 Å². The van der Waals surface area contributed by atoms with Crippen molar-refractivity contribution < 1.29 is 38.4 Å². The van der Waals surface area contributed by atoms with E-state index in [1.54, 1.807) is 31.4 Å². The number of amides is 2. The summed E-state index contributed by atoms with van der Waals surface area (Å²) in [5.41, 5.74) is 3.41. The minimum absolute atomic E-state index is 0.0453. The van der Waals surface area contributed by atoms with Crippen molar-refractivity contribution in [3.05, 3.63) is 89.5 Å². The molecule has 3 aromatic rings. The van der Waals surface area contributed by atoms with E-state index in [0.717, 1.165) is 22.3 Å². The van der Waals surface area contributed by atoms with Gasteiger partial charge in [0.2, 0.25) is 11.8 Å². The van der Waals surface area contributed by atoms with E-state index in [1.165, 1.54) is 7.11 Å². The molecule has 0 spiro atoms. The van der Waals surface area contributed by atoms with Gasteiger partial charge in [0.25, 0.3) is 0 Å². The third-order valence-electron chi connectivity index (χ3n) is 7.28. The van der Waals surface area contributed by atoms with E-state index in [2.05, 4.69) is 10.6 Å². The van der Waals surface area contributed by atoms with Gasteiger partial charge in [-0.05, 0) is 47.4 Å². The standard InChI is InChI=1S/C33H38N2O8/c1-33(2)20-42-32(25-13-15-26(40-3)16-14-25)43-28(33)30(38)34-18-17-27(36)29(37)35-19-21-5-7-22(8-6-21)23-9-11-24(12-10-23)31(39)41-4/h5-16,27-28,32,36H,17-20H2,1-4H3,(H,34,38)(H,35,37)/t27?,28-,32?/m0/s1. The highest BCUT2D eigenvalue weighted by molar-refractivity contribution is 5.90. The molecule has 10 nitrogen and oxygen atoms in total. The highest BCUT2D eigenvalue weighted by Crippen LogP contribution is 2.37. The Morgan fingerprint density at radius 3 is 2.16 bits per heavy atom. The summed E-state index contributed by atoms with van der Waals surface area (Å²) in [6.07, 6.45) is -2.73. The van der Waals surface area contributed by atoms with Gasteiger partial charge in [-0.2, -0.15) is 0 Å². The van der Waals surface area contributed by atoms with Gasteiger partial charge in [0, 0.05) is 24.1 Å². The van der Waals surface area contributed by atoms with E-state index in [0.29, 0.717) is 17.9 Å². The van der Waals surface area contributed by atoms with E-state index in [9.17, 15) is 19.5 Å². The Hall–Kier alpha value is -4.25. The maximum atomic E-state index is 13.0. The lowest BCUT2D eigenvalue weighted by Crippen LogP contribution is -2.52. The average Bonchev–Trinajstić information content (AvgIpc) is 3.03. The molecule has 2 unspecified atom stereocenters. The van der Waals surface area contributed by atoms with Crippen LogP contribution in [0.5, 0.6) is 5.75 Å².